The van der Waals surface area contributed by atoms with Crippen LogP contribution in [0.25, 0.3) is 0 Å². The zero-order valence-electron chi connectivity index (χ0n) is 12.9. The van der Waals surface area contributed by atoms with Crippen molar-refractivity contribution in [1.29, 1.82) is 0 Å². The molecule has 22 heavy (non-hydrogen) atoms. The normalized spacial score (nSPS) is 12.5. The Morgan fingerprint density at radius 1 is 1.05 bits per heavy atom. The Kier molecular flexibility index (Phi) is 4.27. The highest BCUT2D eigenvalue weighted by atomic mass is 15.3. The average Bonchev–Trinajstić information content (AvgIpc) is 3.19. The van der Waals surface area contributed by atoms with Gasteiger partial charge >= 0.3 is 0 Å². The summed E-state index contributed by atoms with van der Waals surface area (Å²) in [6, 6.07) is 8.66. The summed E-state index contributed by atoms with van der Waals surface area (Å²) in [6.07, 6.45) is 5.95. The third kappa shape index (κ3) is 3.21. The molecule has 0 radical (unpaired) electrons. The number of aromatic nitrogens is 6. The summed E-state index contributed by atoms with van der Waals surface area (Å²) in [5, 5.41) is 8.51. The molecule has 0 aliphatic heterocycles. The summed E-state index contributed by atoms with van der Waals surface area (Å²) in [5.41, 5.74) is 2.58. The largest absolute Gasteiger partial charge is 0.252 e. The molecule has 0 saturated carbocycles. The van der Waals surface area contributed by atoms with E-state index in [-0.39, 0.29) is 5.92 Å². The van der Waals surface area contributed by atoms with Gasteiger partial charge in [-0.2, -0.15) is 10.2 Å². The summed E-state index contributed by atoms with van der Waals surface area (Å²) in [5.74, 6) is 1.19. The van der Waals surface area contributed by atoms with Crippen molar-refractivity contribution in [3.63, 3.8) is 0 Å². The molecule has 6 nitrogen and oxygen atoms in total. The van der Waals surface area contributed by atoms with Crippen LogP contribution in [-0.2, 0) is 19.5 Å². The van der Waals surface area contributed by atoms with Crippen LogP contribution >= 0.6 is 0 Å². The molecule has 114 valence electrons. The van der Waals surface area contributed by atoms with Gasteiger partial charge in [0.05, 0.1) is 13.1 Å². The second-order valence-electron chi connectivity index (χ2n) is 5.46. The lowest BCUT2D eigenvalue weighted by Gasteiger charge is -2.13. The van der Waals surface area contributed by atoms with Gasteiger partial charge in [-0.3, -0.25) is 4.68 Å². The molecule has 0 spiro atoms. The van der Waals surface area contributed by atoms with Crippen LogP contribution in [0.4, 0.5) is 0 Å². The predicted octanol–water partition coefficient (Wildman–Crippen LogP) is 2.28. The lowest BCUT2D eigenvalue weighted by atomic mass is 10.1. The second-order valence-corrected chi connectivity index (χ2v) is 5.46. The first-order chi connectivity index (χ1) is 10.8. The van der Waals surface area contributed by atoms with Crippen molar-refractivity contribution in [2.24, 2.45) is 0 Å². The third-order valence-electron chi connectivity index (χ3n) is 3.78. The highest BCUT2D eigenvalue weighted by molar-refractivity contribution is 5.22. The minimum absolute atomic E-state index is 0.221. The fourth-order valence-corrected chi connectivity index (χ4v) is 2.52. The molecule has 0 aliphatic rings. The van der Waals surface area contributed by atoms with Crippen LogP contribution in [0.15, 0.2) is 43.2 Å². The van der Waals surface area contributed by atoms with E-state index in [1.54, 1.807) is 19.0 Å². The van der Waals surface area contributed by atoms with E-state index in [9.17, 15) is 0 Å². The molecule has 0 bridgehead atoms. The minimum Gasteiger partial charge on any atom is -0.252 e. The highest BCUT2D eigenvalue weighted by Gasteiger charge is 2.14. The van der Waals surface area contributed by atoms with Gasteiger partial charge < -0.3 is 0 Å². The van der Waals surface area contributed by atoms with Gasteiger partial charge in [-0.15, -0.1) is 0 Å². The van der Waals surface area contributed by atoms with E-state index in [0.29, 0.717) is 0 Å². The standard InChI is InChI=1S/C16H20N6/c1-3-14-4-6-15(7-5-14)9-22-16(18-11-20-22)13(2)8-21-12-17-10-19-21/h4-7,10-13H,3,8-9H2,1-2H3. The minimum atomic E-state index is 0.221. The zero-order chi connectivity index (χ0) is 15.4. The summed E-state index contributed by atoms with van der Waals surface area (Å²) >= 11 is 0. The first-order valence-electron chi connectivity index (χ1n) is 7.54. The number of hydrogen-bond donors (Lipinski definition) is 0. The van der Waals surface area contributed by atoms with Gasteiger partial charge in [0.1, 0.15) is 24.8 Å². The smallest absolute Gasteiger partial charge is 0.138 e. The van der Waals surface area contributed by atoms with E-state index in [1.165, 1.54) is 11.1 Å². The fraction of sp³-hybridized carbons (Fsp3) is 0.375. The van der Waals surface area contributed by atoms with Crippen molar-refractivity contribution in [3.8, 4) is 0 Å². The SMILES string of the molecule is CCc1ccc(Cn2ncnc2C(C)Cn2cncn2)cc1. The van der Waals surface area contributed by atoms with Gasteiger partial charge in [0.25, 0.3) is 0 Å². The Morgan fingerprint density at radius 3 is 2.50 bits per heavy atom. The van der Waals surface area contributed by atoms with Crippen LogP contribution in [0, 0.1) is 0 Å². The molecule has 1 unspecified atom stereocenters. The maximum atomic E-state index is 4.42. The lowest BCUT2D eigenvalue weighted by molar-refractivity contribution is 0.494. The molecule has 2 heterocycles. The summed E-state index contributed by atoms with van der Waals surface area (Å²) in [7, 11) is 0. The van der Waals surface area contributed by atoms with Crippen molar-refractivity contribution in [2.45, 2.75) is 39.3 Å². The molecule has 2 aromatic heterocycles. The number of benzene rings is 1. The zero-order valence-corrected chi connectivity index (χ0v) is 12.9. The van der Waals surface area contributed by atoms with Gasteiger partial charge in [0.15, 0.2) is 0 Å². The quantitative estimate of drug-likeness (QED) is 0.700. The van der Waals surface area contributed by atoms with Crippen molar-refractivity contribution < 1.29 is 0 Å². The summed E-state index contributed by atoms with van der Waals surface area (Å²) in [4.78, 5) is 8.39. The Hall–Kier alpha value is -2.50. The maximum Gasteiger partial charge on any atom is 0.138 e. The molecule has 0 N–H and O–H groups in total. The summed E-state index contributed by atoms with van der Waals surface area (Å²) < 4.78 is 3.78. The van der Waals surface area contributed by atoms with Gasteiger partial charge in [-0.1, -0.05) is 38.1 Å². The van der Waals surface area contributed by atoms with E-state index in [4.69, 9.17) is 0 Å². The van der Waals surface area contributed by atoms with Crippen molar-refractivity contribution >= 4 is 0 Å². The molecule has 6 heteroatoms. The van der Waals surface area contributed by atoms with Crippen LogP contribution in [-0.4, -0.2) is 29.5 Å². The van der Waals surface area contributed by atoms with Gasteiger partial charge in [-0.25, -0.2) is 14.6 Å². The molecule has 3 rings (SSSR count). The van der Waals surface area contributed by atoms with E-state index in [2.05, 4.69) is 58.3 Å². The van der Waals surface area contributed by atoms with E-state index in [0.717, 1.165) is 25.3 Å². The number of hydrogen-bond acceptors (Lipinski definition) is 4. The van der Waals surface area contributed by atoms with E-state index in [1.807, 2.05) is 9.36 Å². The molecule has 1 aromatic carbocycles. The molecule has 0 aliphatic carbocycles. The Balaban J connectivity index is 1.73. The fourth-order valence-electron chi connectivity index (χ4n) is 2.52. The molecule has 0 fully saturated rings. The first kappa shape index (κ1) is 14.4. The molecule has 3 aromatic rings. The maximum absolute atomic E-state index is 4.42. The first-order valence-corrected chi connectivity index (χ1v) is 7.54. The molecular formula is C16H20N6. The number of nitrogens with zero attached hydrogens (tertiary/aromatic N) is 6. The monoisotopic (exact) mass is 296 g/mol. The molecular weight excluding hydrogens is 276 g/mol. The highest BCUT2D eigenvalue weighted by Crippen LogP contribution is 2.15. The van der Waals surface area contributed by atoms with Gasteiger partial charge in [0.2, 0.25) is 0 Å². The van der Waals surface area contributed by atoms with E-state index < -0.39 is 0 Å². The molecule has 1 atom stereocenters. The van der Waals surface area contributed by atoms with E-state index >= 15 is 0 Å². The lowest BCUT2D eigenvalue weighted by Crippen LogP contribution is -2.14. The van der Waals surface area contributed by atoms with Crippen LogP contribution in [0.5, 0.6) is 0 Å². The number of rotatable bonds is 6. The van der Waals surface area contributed by atoms with Crippen molar-refractivity contribution in [3.05, 3.63) is 60.2 Å². The van der Waals surface area contributed by atoms with Crippen LogP contribution in [0.2, 0.25) is 0 Å². The third-order valence-corrected chi connectivity index (χ3v) is 3.78. The Morgan fingerprint density at radius 2 is 1.82 bits per heavy atom. The Labute approximate surface area is 129 Å². The van der Waals surface area contributed by atoms with Crippen LogP contribution < -0.4 is 0 Å². The number of aryl methyl sites for hydroxylation is 1. The molecule has 0 amide bonds. The van der Waals surface area contributed by atoms with Crippen LogP contribution in [0.3, 0.4) is 0 Å². The van der Waals surface area contributed by atoms with Gasteiger partial charge in [-0.05, 0) is 17.5 Å². The average molecular weight is 296 g/mol. The van der Waals surface area contributed by atoms with Gasteiger partial charge in [0, 0.05) is 5.92 Å². The topological polar surface area (TPSA) is 61.4 Å². The molecule has 0 saturated heterocycles. The van der Waals surface area contributed by atoms with Crippen LogP contribution in [0.1, 0.15) is 36.7 Å². The second kappa shape index (κ2) is 6.51. The van der Waals surface area contributed by atoms with Crippen molar-refractivity contribution in [2.75, 3.05) is 0 Å². The summed E-state index contributed by atoms with van der Waals surface area (Å²) in [6.45, 7) is 5.77. The Bertz CT molecular complexity index is 699. The predicted molar refractivity (Wildman–Crippen MR) is 83.4 cm³/mol. The van der Waals surface area contributed by atoms with Crippen molar-refractivity contribution in [1.82, 2.24) is 29.5 Å².